The number of aromatic nitrogens is 2. The van der Waals surface area contributed by atoms with Crippen LogP contribution in [-0.4, -0.2) is 39.6 Å². The molecule has 0 aromatic carbocycles. The van der Waals surface area contributed by atoms with E-state index >= 15 is 0 Å². The number of nitrogens with zero attached hydrogens (tertiary/aromatic N) is 3. The normalized spacial score (nSPS) is 17.1. The summed E-state index contributed by atoms with van der Waals surface area (Å²) in [4.78, 5) is 14.3. The zero-order valence-electron chi connectivity index (χ0n) is 12.5. The van der Waals surface area contributed by atoms with Gasteiger partial charge in [-0.15, -0.1) is 0 Å². The van der Waals surface area contributed by atoms with Gasteiger partial charge in [-0.3, -0.25) is 4.79 Å². The van der Waals surface area contributed by atoms with Crippen LogP contribution < -0.4 is 5.32 Å². The van der Waals surface area contributed by atoms with Crippen LogP contribution >= 0.6 is 0 Å². The predicted molar refractivity (Wildman–Crippen MR) is 81.9 cm³/mol. The standard InChI is InChI=1S/C16H22N4O/c1-13(16(21)19-8-4-2-5-9-19)17-11-14-12-18-20-10-6-3-7-15(14)20/h3,6-7,10,12-13,17H,2,4-5,8-9,11H2,1H3. The molecule has 5 nitrogen and oxygen atoms in total. The van der Waals surface area contributed by atoms with Gasteiger partial charge in [-0.05, 0) is 38.3 Å². The van der Waals surface area contributed by atoms with Crippen molar-refractivity contribution >= 4 is 11.4 Å². The van der Waals surface area contributed by atoms with Crippen LogP contribution in [0.5, 0.6) is 0 Å². The molecule has 21 heavy (non-hydrogen) atoms. The summed E-state index contributed by atoms with van der Waals surface area (Å²) in [6.07, 6.45) is 7.30. The number of amides is 1. The van der Waals surface area contributed by atoms with E-state index in [-0.39, 0.29) is 11.9 Å². The van der Waals surface area contributed by atoms with Crippen LogP contribution in [0, 0.1) is 0 Å². The first-order valence-electron chi connectivity index (χ1n) is 7.69. The highest BCUT2D eigenvalue weighted by Crippen LogP contribution is 2.12. The minimum atomic E-state index is -0.151. The van der Waals surface area contributed by atoms with E-state index in [0.717, 1.165) is 37.0 Å². The fraction of sp³-hybridized carbons (Fsp3) is 0.500. The summed E-state index contributed by atoms with van der Waals surface area (Å²) in [5, 5.41) is 7.64. The number of piperidine rings is 1. The number of carbonyl (C=O) groups excluding carboxylic acids is 1. The van der Waals surface area contributed by atoms with Crippen molar-refractivity contribution in [3.63, 3.8) is 0 Å². The molecule has 1 N–H and O–H groups in total. The summed E-state index contributed by atoms with van der Waals surface area (Å²) in [7, 11) is 0. The Labute approximate surface area is 124 Å². The quantitative estimate of drug-likeness (QED) is 0.933. The summed E-state index contributed by atoms with van der Waals surface area (Å²) in [6.45, 7) is 4.42. The van der Waals surface area contributed by atoms with Crippen LogP contribution in [0.4, 0.5) is 0 Å². The van der Waals surface area contributed by atoms with Crippen LogP contribution in [0.1, 0.15) is 31.7 Å². The topological polar surface area (TPSA) is 49.6 Å². The Morgan fingerprint density at radius 2 is 2.14 bits per heavy atom. The highest BCUT2D eigenvalue weighted by molar-refractivity contribution is 5.81. The minimum Gasteiger partial charge on any atom is -0.341 e. The molecule has 1 saturated heterocycles. The average Bonchev–Trinajstić information content (AvgIpc) is 2.96. The largest absolute Gasteiger partial charge is 0.341 e. The molecule has 0 spiro atoms. The number of pyridine rings is 1. The Morgan fingerprint density at radius 3 is 2.95 bits per heavy atom. The van der Waals surface area contributed by atoms with E-state index in [1.165, 1.54) is 6.42 Å². The number of hydrogen-bond donors (Lipinski definition) is 1. The molecule has 112 valence electrons. The van der Waals surface area contributed by atoms with Crippen molar-refractivity contribution in [3.8, 4) is 0 Å². The molecule has 0 bridgehead atoms. The van der Waals surface area contributed by atoms with Gasteiger partial charge in [-0.1, -0.05) is 6.07 Å². The average molecular weight is 286 g/mol. The summed E-state index contributed by atoms with van der Waals surface area (Å²) in [5.41, 5.74) is 2.21. The van der Waals surface area contributed by atoms with E-state index in [1.807, 2.05) is 46.9 Å². The van der Waals surface area contributed by atoms with Crippen molar-refractivity contribution in [2.75, 3.05) is 13.1 Å². The first kappa shape index (κ1) is 14.1. The second-order valence-electron chi connectivity index (χ2n) is 5.69. The molecule has 0 aliphatic carbocycles. The Kier molecular flexibility index (Phi) is 4.20. The molecule has 1 amide bonds. The second-order valence-corrected chi connectivity index (χ2v) is 5.69. The van der Waals surface area contributed by atoms with Crippen molar-refractivity contribution in [2.24, 2.45) is 0 Å². The van der Waals surface area contributed by atoms with Crippen LogP contribution in [0.3, 0.4) is 0 Å². The lowest BCUT2D eigenvalue weighted by Gasteiger charge is -2.29. The van der Waals surface area contributed by atoms with Gasteiger partial charge in [0.15, 0.2) is 0 Å². The maximum atomic E-state index is 12.4. The number of rotatable bonds is 4. The molecular weight excluding hydrogens is 264 g/mol. The zero-order valence-corrected chi connectivity index (χ0v) is 12.5. The number of likely N-dealkylation sites (tertiary alicyclic amines) is 1. The lowest BCUT2D eigenvalue weighted by Crippen LogP contribution is -2.46. The van der Waals surface area contributed by atoms with E-state index < -0.39 is 0 Å². The molecule has 1 fully saturated rings. The molecule has 0 radical (unpaired) electrons. The van der Waals surface area contributed by atoms with Crippen LogP contribution in [0.2, 0.25) is 0 Å². The lowest BCUT2D eigenvalue weighted by molar-refractivity contribution is -0.133. The molecule has 2 aromatic rings. The third kappa shape index (κ3) is 3.08. The molecule has 3 rings (SSSR count). The first-order chi connectivity index (χ1) is 10.3. The number of hydrogen-bond acceptors (Lipinski definition) is 3. The first-order valence-corrected chi connectivity index (χ1v) is 7.69. The van der Waals surface area contributed by atoms with Gasteiger partial charge in [-0.25, -0.2) is 4.52 Å². The van der Waals surface area contributed by atoms with Crippen LogP contribution in [0.15, 0.2) is 30.6 Å². The van der Waals surface area contributed by atoms with Crippen LogP contribution in [0.25, 0.3) is 5.52 Å². The Bertz CT molecular complexity index is 616. The van der Waals surface area contributed by atoms with Crippen molar-refractivity contribution < 1.29 is 4.79 Å². The van der Waals surface area contributed by atoms with Gasteiger partial charge < -0.3 is 10.2 Å². The van der Waals surface area contributed by atoms with E-state index in [9.17, 15) is 4.79 Å². The van der Waals surface area contributed by atoms with E-state index in [1.54, 1.807) is 0 Å². The van der Waals surface area contributed by atoms with Crippen molar-refractivity contribution in [3.05, 3.63) is 36.2 Å². The molecule has 2 aromatic heterocycles. The van der Waals surface area contributed by atoms with Crippen molar-refractivity contribution in [1.29, 1.82) is 0 Å². The van der Waals surface area contributed by atoms with Gasteiger partial charge in [0, 0.05) is 31.4 Å². The third-order valence-electron chi connectivity index (χ3n) is 4.14. The predicted octanol–water partition coefficient (Wildman–Crippen LogP) is 1.82. The summed E-state index contributed by atoms with van der Waals surface area (Å²) >= 11 is 0. The van der Waals surface area contributed by atoms with Gasteiger partial charge in [0.2, 0.25) is 5.91 Å². The van der Waals surface area contributed by atoms with Gasteiger partial charge in [0.1, 0.15) is 0 Å². The molecule has 0 saturated carbocycles. The SMILES string of the molecule is CC(NCc1cnn2ccccc12)C(=O)N1CCCCC1. The third-order valence-corrected chi connectivity index (χ3v) is 4.14. The van der Waals surface area contributed by atoms with E-state index in [0.29, 0.717) is 6.54 Å². The molecule has 1 unspecified atom stereocenters. The highest BCUT2D eigenvalue weighted by Gasteiger charge is 2.21. The van der Waals surface area contributed by atoms with Gasteiger partial charge >= 0.3 is 0 Å². The highest BCUT2D eigenvalue weighted by atomic mass is 16.2. The molecule has 1 aliphatic rings. The molecule has 1 aliphatic heterocycles. The number of fused-ring (bicyclic) bond motifs is 1. The maximum absolute atomic E-state index is 12.4. The van der Waals surface area contributed by atoms with Gasteiger partial charge in [0.25, 0.3) is 0 Å². The zero-order chi connectivity index (χ0) is 14.7. The fourth-order valence-electron chi connectivity index (χ4n) is 2.86. The lowest BCUT2D eigenvalue weighted by atomic mass is 10.1. The Hall–Kier alpha value is -1.88. The van der Waals surface area contributed by atoms with Crippen molar-refractivity contribution in [1.82, 2.24) is 19.8 Å². The molecular formula is C16H22N4O. The van der Waals surface area contributed by atoms with E-state index in [4.69, 9.17) is 0 Å². The number of nitrogens with one attached hydrogen (secondary N) is 1. The summed E-state index contributed by atoms with van der Waals surface area (Å²) in [5.74, 6) is 0.214. The molecule has 1 atom stereocenters. The van der Waals surface area contributed by atoms with E-state index in [2.05, 4.69) is 10.4 Å². The van der Waals surface area contributed by atoms with Gasteiger partial charge in [-0.2, -0.15) is 5.10 Å². The van der Waals surface area contributed by atoms with Crippen molar-refractivity contribution in [2.45, 2.75) is 38.8 Å². The second kappa shape index (κ2) is 6.26. The fourth-order valence-corrected chi connectivity index (χ4v) is 2.86. The molecule has 5 heteroatoms. The minimum absolute atomic E-state index is 0.151. The summed E-state index contributed by atoms with van der Waals surface area (Å²) in [6, 6.07) is 5.85. The Balaban J connectivity index is 1.60. The van der Waals surface area contributed by atoms with Gasteiger partial charge in [0.05, 0.1) is 17.8 Å². The molecule has 3 heterocycles. The Morgan fingerprint density at radius 1 is 1.33 bits per heavy atom. The van der Waals surface area contributed by atoms with Crippen LogP contribution in [-0.2, 0) is 11.3 Å². The monoisotopic (exact) mass is 286 g/mol. The number of carbonyl (C=O) groups is 1. The smallest absolute Gasteiger partial charge is 0.239 e. The maximum Gasteiger partial charge on any atom is 0.239 e. The summed E-state index contributed by atoms with van der Waals surface area (Å²) < 4.78 is 1.86.